The molecule has 0 unspecified atom stereocenters. The van der Waals surface area contributed by atoms with Gasteiger partial charge in [-0.15, -0.1) is 0 Å². The summed E-state index contributed by atoms with van der Waals surface area (Å²) in [5, 5.41) is 8.28. The predicted octanol–water partition coefficient (Wildman–Crippen LogP) is 11.6. The fraction of sp³-hybridized carbons (Fsp3) is 0.472. The largest absolute Gasteiger partial charge is 0.494 e. The van der Waals surface area contributed by atoms with Crippen molar-refractivity contribution in [2.75, 3.05) is 6.61 Å². The van der Waals surface area contributed by atoms with Crippen molar-refractivity contribution in [3.8, 4) is 11.5 Å². The van der Waals surface area contributed by atoms with E-state index in [9.17, 15) is 9.18 Å². The normalized spacial score (nSPS) is 11.2. The molecule has 5 nitrogen and oxygen atoms in total. The first-order valence-electron chi connectivity index (χ1n) is 15.8. The predicted molar refractivity (Wildman–Crippen MR) is 169 cm³/mol. The minimum atomic E-state index is -0.433. The summed E-state index contributed by atoms with van der Waals surface area (Å²) in [5.74, 6) is 0.461. The van der Waals surface area contributed by atoms with Gasteiger partial charge in [-0.05, 0) is 85.6 Å². The number of carbonyl (C=O) groups is 1. The molecule has 6 heteroatoms. The van der Waals surface area contributed by atoms with Gasteiger partial charge >= 0.3 is 5.97 Å². The molecule has 226 valence electrons. The van der Waals surface area contributed by atoms with Crippen LogP contribution in [0.2, 0.25) is 0 Å². The summed E-state index contributed by atoms with van der Waals surface area (Å²) in [5.41, 5.74) is 2.37. The van der Waals surface area contributed by atoms with Crippen LogP contribution >= 0.6 is 0 Å². The average Bonchev–Trinajstić information content (AvgIpc) is 3.00. The monoisotopic (exact) mass is 574 g/mol. The van der Waals surface area contributed by atoms with Gasteiger partial charge in [-0.2, -0.15) is 10.2 Å². The summed E-state index contributed by atoms with van der Waals surface area (Å²) < 4.78 is 24.5. The second kappa shape index (κ2) is 19.6. The molecule has 0 N–H and O–H groups in total. The molecule has 0 radical (unpaired) electrons. The highest BCUT2D eigenvalue weighted by molar-refractivity contribution is 5.91. The number of unbranched alkanes of at least 4 members (excludes halogenated alkanes) is 13. The lowest BCUT2D eigenvalue weighted by molar-refractivity contribution is 0.0733. The number of rotatable bonds is 20. The summed E-state index contributed by atoms with van der Waals surface area (Å²) >= 11 is 0. The topological polar surface area (TPSA) is 60.2 Å². The number of aryl methyl sites for hydroxylation is 1. The molecule has 3 aromatic rings. The molecule has 0 saturated carbocycles. The third-order valence-electron chi connectivity index (χ3n) is 7.33. The number of nitrogens with zero attached hydrogens (tertiary/aromatic N) is 2. The molecule has 0 spiro atoms. The molecule has 0 amide bonds. The molecule has 3 rings (SSSR count). The van der Waals surface area contributed by atoms with Crippen LogP contribution in [0.4, 0.5) is 15.8 Å². The highest BCUT2D eigenvalue weighted by Gasteiger charge is 2.11. The molecule has 0 atom stereocenters. The standard InChI is InChI=1S/C36H47FN2O3/c1-3-4-5-6-7-8-9-10-11-12-13-14-15-16-27-41-34-24-17-30(18-25-34)36(40)42-35-26-23-33(28-29(35)2)39-38-32-21-19-31(37)20-22-32/h17-26,28H,3-16,27H2,1-2H3. The van der Waals surface area contributed by atoms with Crippen molar-refractivity contribution in [3.05, 3.63) is 83.7 Å². The van der Waals surface area contributed by atoms with Crippen molar-refractivity contribution in [1.29, 1.82) is 0 Å². The van der Waals surface area contributed by atoms with E-state index in [2.05, 4.69) is 17.2 Å². The molecular formula is C36H47FN2O3. The van der Waals surface area contributed by atoms with Gasteiger partial charge in [0.15, 0.2) is 0 Å². The Morgan fingerprint density at radius 2 is 1.19 bits per heavy atom. The Hall–Kier alpha value is -3.54. The lowest BCUT2D eigenvalue weighted by Crippen LogP contribution is -2.09. The van der Waals surface area contributed by atoms with Crippen molar-refractivity contribution in [1.82, 2.24) is 0 Å². The summed E-state index contributed by atoms with van der Waals surface area (Å²) in [6.07, 6.45) is 18.7. The van der Waals surface area contributed by atoms with Crippen LogP contribution in [0.3, 0.4) is 0 Å². The fourth-order valence-corrected chi connectivity index (χ4v) is 4.77. The Morgan fingerprint density at radius 3 is 1.76 bits per heavy atom. The third kappa shape index (κ3) is 13.0. The van der Waals surface area contributed by atoms with Crippen LogP contribution in [0, 0.1) is 12.7 Å². The van der Waals surface area contributed by atoms with E-state index >= 15 is 0 Å². The van der Waals surface area contributed by atoms with E-state index < -0.39 is 5.97 Å². The van der Waals surface area contributed by atoms with Gasteiger partial charge in [0.25, 0.3) is 0 Å². The second-order valence-corrected chi connectivity index (χ2v) is 11.0. The number of esters is 1. The van der Waals surface area contributed by atoms with E-state index in [0.29, 0.717) is 29.3 Å². The second-order valence-electron chi connectivity index (χ2n) is 11.0. The number of benzene rings is 3. The van der Waals surface area contributed by atoms with E-state index in [0.717, 1.165) is 17.7 Å². The van der Waals surface area contributed by atoms with Crippen LogP contribution in [0.15, 0.2) is 77.0 Å². The van der Waals surface area contributed by atoms with Gasteiger partial charge in [0.05, 0.1) is 23.5 Å². The first-order valence-corrected chi connectivity index (χ1v) is 15.8. The van der Waals surface area contributed by atoms with Gasteiger partial charge in [-0.25, -0.2) is 9.18 Å². The first-order chi connectivity index (χ1) is 20.5. The minimum absolute atomic E-state index is 0.321. The number of hydrogen-bond acceptors (Lipinski definition) is 5. The molecule has 0 fully saturated rings. The summed E-state index contributed by atoms with van der Waals surface area (Å²) in [6, 6.07) is 18.0. The van der Waals surface area contributed by atoms with Gasteiger partial charge in [-0.1, -0.05) is 90.4 Å². The smallest absolute Gasteiger partial charge is 0.343 e. The van der Waals surface area contributed by atoms with Crippen molar-refractivity contribution < 1.29 is 18.7 Å². The van der Waals surface area contributed by atoms with Gasteiger partial charge in [-0.3, -0.25) is 0 Å². The summed E-state index contributed by atoms with van der Waals surface area (Å²) in [6.45, 7) is 4.80. The maximum Gasteiger partial charge on any atom is 0.343 e. The first kappa shape index (κ1) is 33.0. The van der Waals surface area contributed by atoms with E-state index in [1.165, 1.54) is 95.6 Å². The molecule has 0 saturated heterocycles. The molecule has 0 aliphatic carbocycles. The Bertz CT molecular complexity index is 1210. The summed E-state index contributed by atoms with van der Waals surface area (Å²) in [4.78, 5) is 12.7. The third-order valence-corrected chi connectivity index (χ3v) is 7.33. The van der Waals surface area contributed by atoms with Crippen LogP contribution in [0.1, 0.15) is 113 Å². The lowest BCUT2D eigenvalue weighted by Gasteiger charge is -2.09. The average molecular weight is 575 g/mol. The van der Waals surface area contributed by atoms with Crippen LogP contribution in [-0.2, 0) is 0 Å². The van der Waals surface area contributed by atoms with Crippen LogP contribution in [0.5, 0.6) is 11.5 Å². The zero-order valence-electron chi connectivity index (χ0n) is 25.5. The SMILES string of the molecule is CCCCCCCCCCCCCCCCOc1ccc(C(=O)Oc2ccc(N=Nc3ccc(F)cc3)cc2C)cc1. The van der Waals surface area contributed by atoms with Crippen LogP contribution in [-0.4, -0.2) is 12.6 Å². The van der Waals surface area contributed by atoms with Crippen LogP contribution < -0.4 is 9.47 Å². The number of ether oxygens (including phenoxy) is 2. The number of carbonyl (C=O) groups excluding carboxylic acids is 1. The van der Waals surface area contributed by atoms with E-state index in [1.54, 1.807) is 42.5 Å². The van der Waals surface area contributed by atoms with Crippen molar-refractivity contribution >= 4 is 17.3 Å². The van der Waals surface area contributed by atoms with Crippen molar-refractivity contribution in [2.24, 2.45) is 10.2 Å². The molecule has 42 heavy (non-hydrogen) atoms. The number of halogens is 1. The molecule has 0 aromatic heterocycles. The fourth-order valence-electron chi connectivity index (χ4n) is 4.77. The van der Waals surface area contributed by atoms with Gasteiger partial charge < -0.3 is 9.47 Å². The Morgan fingerprint density at radius 1 is 0.667 bits per heavy atom. The molecular weight excluding hydrogens is 527 g/mol. The Balaban J connectivity index is 1.27. The molecule has 0 heterocycles. The Labute approximate surface area is 251 Å². The van der Waals surface area contributed by atoms with Gasteiger partial charge in [0.2, 0.25) is 0 Å². The van der Waals surface area contributed by atoms with Gasteiger partial charge in [0.1, 0.15) is 17.3 Å². The quantitative estimate of drug-likeness (QED) is 0.0583. The summed E-state index contributed by atoms with van der Waals surface area (Å²) in [7, 11) is 0. The Kier molecular flexibility index (Phi) is 15.4. The van der Waals surface area contributed by atoms with E-state index in [-0.39, 0.29) is 5.82 Å². The van der Waals surface area contributed by atoms with Gasteiger partial charge in [0, 0.05) is 0 Å². The van der Waals surface area contributed by atoms with Crippen LogP contribution in [0.25, 0.3) is 0 Å². The maximum atomic E-state index is 13.0. The van der Waals surface area contributed by atoms with Crippen molar-refractivity contribution in [3.63, 3.8) is 0 Å². The molecule has 0 aliphatic heterocycles. The van der Waals surface area contributed by atoms with E-state index in [4.69, 9.17) is 9.47 Å². The highest BCUT2D eigenvalue weighted by atomic mass is 19.1. The molecule has 0 bridgehead atoms. The minimum Gasteiger partial charge on any atom is -0.494 e. The number of azo groups is 1. The highest BCUT2D eigenvalue weighted by Crippen LogP contribution is 2.26. The van der Waals surface area contributed by atoms with Crippen molar-refractivity contribution in [2.45, 2.75) is 104 Å². The number of hydrogen-bond donors (Lipinski definition) is 0. The maximum absolute atomic E-state index is 13.0. The molecule has 0 aliphatic rings. The van der Waals surface area contributed by atoms with E-state index in [1.807, 2.05) is 19.1 Å². The lowest BCUT2D eigenvalue weighted by atomic mass is 10.0. The zero-order chi connectivity index (χ0) is 29.8. The molecule has 3 aromatic carbocycles. The zero-order valence-corrected chi connectivity index (χ0v) is 25.5.